The Morgan fingerprint density at radius 3 is 2.36 bits per heavy atom. The minimum absolute atomic E-state index is 0.135. The maximum absolute atomic E-state index is 12.2. The van der Waals surface area contributed by atoms with Gasteiger partial charge in [-0.05, 0) is 31.5 Å². The molecule has 2 N–H and O–H groups in total. The molecule has 116 valence electrons. The smallest absolute Gasteiger partial charge is 0.329 e. The number of carbonyl (C=O) groups excluding carboxylic acids is 3. The first-order chi connectivity index (χ1) is 10.2. The maximum atomic E-state index is 12.2. The van der Waals surface area contributed by atoms with Crippen molar-refractivity contribution < 1.29 is 24.3 Å². The number of hydrogen-bond donors (Lipinski definition) is 2. The van der Waals surface area contributed by atoms with Crippen LogP contribution in [0.2, 0.25) is 0 Å². The summed E-state index contributed by atoms with van der Waals surface area (Å²) in [6, 6.07) is 4.11. The van der Waals surface area contributed by atoms with Gasteiger partial charge in [0.05, 0.1) is 11.1 Å². The Labute approximate surface area is 126 Å². The van der Waals surface area contributed by atoms with Crippen LogP contribution in [0.4, 0.5) is 0 Å². The predicted octanol–water partition coefficient (Wildman–Crippen LogP) is 0.896. The van der Waals surface area contributed by atoms with Crippen molar-refractivity contribution in [3.63, 3.8) is 0 Å². The molecule has 0 spiro atoms. The second-order valence-electron chi connectivity index (χ2n) is 5.37. The molecule has 0 saturated carbocycles. The number of amides is 3. The number of carbonyl (C=O) groups is 4. The molecular formula is C15H16N2O5. The van der Waals surface area contributed by atoms with Crippen molar-refractivity contribution in [2.75, 3.05) is 7.05 Å². The molecule has 0 aromatic heterocycles. The fourth-order valence-corrected chi connectivity index (χ4v) is 2.12. The summed E-state index contributed by atoms with van der Waals surface area (Å²) in [4.78, 5) is 48.1. The third-order valence-electron chi connectivity index (χ3n) is 3.92. The van der Waals surface area contributed by atoms with Crippen LogP contribution in [0, 0.1) is 0 Å². The largest absolute Gasteiger partial charge is 0.480 e. The van der Waals surface area contributed by atoms with Gasteiger partial charge in [0, 0.05) is 12.6 Å². The number of rotatable bonds is 4. The molecule has 0 radical (unpaired) electrons. The number of aliphatic carboxylic acids is 1. The first kappa shape index (κ1) is 15.7. The van der Waals surface area contributed by atoms with Crippen LogP contribution in [0.5, 0.6) is 0 Å². The minimum Gasteiger partial charge on any atom is -0.480 e. The van der Waals surface area contributed by atoms with Crippen LogP contribution in [0.3, 0.4) is 0 Å². The monoisotopic (exact) mass is 304 g/mol. The summed E-state index contributed by atoms with van der Waals surface area (Å²) in [6.45, 7) is 3.05. The van der Waals surface area contributed by atoms with Crippen molar-refractivity contribution >= 4 is 23.7 Å². The van der Waals surface area contributed by atoms with Gasteiger partial charge in [-0.15, -0.1) is 0 Å². The molecule has 7 nitrogen and oxygen atoms in total. The summed E-state index contributed by atoms with van der Waals surface area (Å²) in [7, 11) is 1.36. The van der Waals surface area contributed by atoms with Crippen molar-refractivity contribution in [1.82, 2.24) is 10.2 Å². The Morgan fingerprint density at radius 2 is 1.82 bits per heavy atom. The lowest BCUT2D eigenvalue weighted by Gasteiger charge is -2.24. The first-order valence-electron chi connectivity index (χ1n) is 6.73. The standard InChI is InChI=1S/C15H16N2O5/c1-4-15(2,14(21)22)16-11(18)8-5-6-9-10(7-8)13(20)17(3)12(9)19/h5-7H,4H2,1-3H3,(H,16,18)(H,21,22). The van der Waals surface area contributed by atoms with E-state index in [1.165, 1.54) is 32.2 Å². The average Bonchev–Trinajstić information content (AvgIpc) is 2.71. The minimum atomic E-state index is -1.40. The van der Waals surface area contributed by atoms with Gasteiger partial charge in [0.1, 0.15) is 5.54 Å². The summed E-state index contributed by atoms with van der Waals surface area (Å²) < 4.78 is 0. The van der Waals surface area contributed by atoms with Gasteiger partial charge in [0.2, 0.25) is 0 Å². The van der Waals surface area contributed by atoms with E-state index in [1.54, 1.807) is 6.92 Å². The fraction of sp³-hybridized carbons (Fsp3) is 0.333. The van der Waals surface area contributed by atoms with Crippen LogP contribution in [0.15, 0.2) is 18.2 Å². The molecular weight excluding hydrogens is 288 g/mol. The zero-order valence-electron chi connectivity index (χ0n) is 12.5. The Kier molecular flexibility index (Phi) is 3.74. The summed E-state index contributed by atoms with van der Waals surface area (Å²) in [5, 5.41) is 11.6. The van der Waals surface area contributed by atoms with Gasteiger partial charge in [0.15, 0.2) is 0 Å². The van der Waals surface area contributed by atoms with Crippen molar-refractivity contribution in [3.8, 4) is 0 Å². The molecule has 1 heterocycles. The average molecular weight is 304 g/mol. The molecule has 1 aliphatic heterocycles. The normalized spacial score (nSPS) is 16.2. The number of carboxylic acid groups (broad SMARTS) is 1. The fourth-order valence-electron chi connectivity index (χ4n) is 2.12. The Balaban J connectivity index is 2.33. The highest BCUT2D eigenvalue weighted by atomic mass is 16.4. The number of fused-ring (bicyclic) bond motifs is 1. The van der Waals surface area contributed by atoms with E-state index in [1.807, 2.05) is 0 Å². The van der Waals surface area contributed by atoms with Gasteiger partial charge in [-0.1, -0.05) is 6.92 Å². The van der Waals surface area contributed by atoms with Crippen LogP contribution in [0.25, 0.3) is 0 Å². The van der Waals surface area contributed by atoms with Crippen LogP contribution >= 0.6 is 0 Å². The molecule has 0 saturated heterocycles. The van der Waals surface area contributed by atoms with Crippen LogP contribution in [0.1, 0.15) is 51.3 Å². The van der Waals surface area contributed by atoms with E-state index in [2.05, 4.69) is 5.32 Å². The highest BCUT2D eigenvalue weighted by Crippen LogP contribution is 2.23. The molecule has 0 fully saturated rings. The molecule has 1 aliphatic rings. The summed E-state index contributed by atoms with van der Waals surface area (Å²) >= 11 is 0. The van der Waals surface area contributed by atoms with Gasteiger partial charge in [0.25, 0.3) is 17.7 Å². The zero-order valence-corrected chi connectivity index (χ0v) is 12.5. The van der Waals surface area contributed by atoms with Gasteiger partial charge in [-0.25, -0.2) is 4.79 Å². The zero-order chi connectivity index (χ0) is 16.7. The van der Waals surface area contributed by atoms with E-state index in [0.29, 0.717) is 0 Å². The Hall–Kier alpha value is -2.70. The van der Waals surface area contributed by atoms with E-state index < -0.39 is 29.2 Å². The van der Waals surface area contributed by atoms with Crippen LogP contribution < -0.4 is 5.32 Å². The van der Waals surface area contributed by atoms with E-state index in [-0.39, 0.29) is 23.1 Å². The highest BCUT2D eigenvalue weighted by molar-refractivity contribution is 6.21. The molecule has 1 aromatic carbocycles. The third kappa shape index (κ3) is 2.34. The summed E-state index contributed by atoms with van der Waals surface area (Å²) in [5.41, 5.74) is -0.877. The van der Waals surface area contributed by atoms with E-state index in [0.717, 1.165) is 4.90 Å². The maximum Gasteiger partial charge on any atom is 0.329 e. The lowest BCUT2D eigenvalue weighted by atomic mass is 9.98. The number of hydrogen-bond acceptors (Lipinski definition) is 4. The van der Waals surface area contributed by atoms with E-state index in [9.17, 15) is 24.3 Å². The lowest BCUT2D eigenvalue weighted by Crippen LogP contribution is -2.51. The molecule has 2 rings (SSSR count). The predicted molar refractivity (Wildman–Crippen MR) is 76.7 cm³/mol. The van der Waals surface area contributed by atoms with E-state index in [4.69, 9.17) is 0 Å². The SMILES string of the molecule is CCC(C)(NC(=O)c1ccc2c(c1)C(=O)N(C)C2=O)C(=O)O. The van der Waals surface area contributed by atoms with Gasteiger partial charge in [-0.3, -0.25) is 19.3 Å². The number of benzene rings is 1. The van der Waals surface area contributed by atoms with E-state index >= 15 is 0 Å². The second kappa shape index (κ2) is 5.25. The Morgan fingerprint density at radius 1 is 1.23 bits per heavy atom. The molecule has 7 heteroatoms. The van der Waals surface area contributed by atoms with Crippen molar-refractivity contribution in [2.24, 2.45) is 0 Å². The highest BCUT2D eigenvalue weighted by Gasteiger charge is 2.35. The number of nitrogens with zero attached hydrogens (tertiary/aromatic N) is 1. The van der Waals surface area contributed by atoms with Gasteiger partial charge in [-0.2, -0.15) is 0 Å². The van der Waals surface area contributed by atoms with Crippen molar-refractivity contribution in [3.05, 3.63) is 34.9 Å². The molecule has 3 amide bonds. The third-order valence-corrected chi connectivity index (χ3v) is 3.92. The summed E-state index contributed by atoms with van der Waals surface area (Å²) in [5.74, 6) is -2.65. The van der Waals surface area contributed by atoms with Crippen LogP contribution in [-0.4, -0.2) is 46.3 Å². The van der Waals surface area contributed by atoms with Gasteiger partial charge >= 0.3 is 5.97 Å². The lowest BCUT2D eigenvalue weighted by molar-refractivity contribution is -0.143. The molecule has 1 unspecified atom stereocenters. The molecule has 22 heavy (non-hydrogen) atoms. The number of imide groups is 1. The number of nitrogens with one attached hydrogen (secondary N) is 1. The molecule has 0 bridgehead atoms. The number of carboxylic acids is 1. The molecule has 0 aliphatic carbocycles. The van der Waals surface area contributed by atoms with Gasteiger partial charge < -0.3 is 10.4 Å². The first-order valence-corrected chi connectivity index (χ1v) is 6.73. The van der Waals surface area contributed by atoms with Crippen molar-refractivity contribution in [1.29, 1.82) is 0 Å². The molecule has 1 aromatic rings. The summed E-state index contributed by atoms with van der Waals surface area (Å²) in [6.07, 6.45) is 0.208. The Bertz CT molecular complexity index is 697. The quantitative estimate of drug-likeness (QED) is 0.804. The second-order valence-corrected chi connectivity index (χ2v) is 5.37. The van der Waals surface area contributed by atoms with Crippen molar-refractivity contribution in [2.45, 2.75) is 25.8 Å². The molecule has 1 atom stereocenters. The van der Waals surface area contributed by atoms with Crippen LogP contribution in [-0.2, 0) is 4.79 Å². The topological polar surface area (TPSA) is 104 Å².